The highest BCUT2D eigenvalue weighted by Crippen LogP contribution is 2.24. The molecule has 0 aliphatic carbocycles. The zero-order valence-electron chi connectivity index (χ0n) is 11.6. The SMILES string of the molecule is C[C@H]1CO[C@@H](CO)CN1Cc1cccc(OC(F)(F)F)c1. The maximum atomic E-state index is 12.2. The molecule has 1 heterocycles. The third-order valence-electron chi connectivity index (χ3n) is 3.36. The molecule has 4 nitrogen and oxygen atoms in total. The molecule has 0 radical (unpaired) electrons. The van der Waals surface area contributed by atoms with Crippen molar-refractivity contribution in [3.63, 3.8) is 0 Å². The average molecular weight is 305 g/mol. The summed E-state index contributed by atoms with van der Waals surface area (Å²) >= 11 is 0. The zero-order chi connectivity index (χ0) is 15.5. The van der Waals surface area contributed by atoms with Gasteiger partial charge in [0.25, 0.3) is 0 Å². The summed E-state index contributed by atoms with van der Waals surface area (Å²) in [4.78, 5) is 2.07. The van der Waals surface area contributed by atoms with Crippen molar-refractivity contribution >= 4 is 0 Å². The Morgan fingerprint density at radius 2 is 2.19 bits per heavy atom. The van der Waals surface area contributed by atoms with Gasteiger partial charge in [0, 0.05) is 19.1 Å². The van der Waals surface area contributed by atoms with Crippen LogP contribution in [0.3, 0.4) is 0 Å². The second kappa shape index (κ2) is 6.64. The van der Waals surface area contributed by atoms with E-state index in [1.807, 2.05) is 6.92 Å². The standard InChI is InChI=1S/C14H18F3NO3/c1-10-9-20-13(8-19)7-18(10)6-11-3-2-4-12(5-11)21-14(15,16)17/h2-5,10,13,19H,6-9H2,1H3/t10-,13+/m0/s1. The maximum Gasteiger partial charge on any atom is 0.573 e. The molecule has 7 heteroatoms. The molecular formula is C14H18F3NO3. The van der Waals surface area contributed by atoms with Gasteiger partial charge in [0.1, 0.15) is 5.75 Å². The van der Waals surface area contributed by atoms with Crippen LogP contribution in [0, 0.1) is 0 Å². The fourth-order valence-electron chi connectivity index (χ4n) is 2.28. The summed E-state index contributed by atoms with van der Waals surface area (Å²) in [6.07, 6.45) is -4.94. The fraction of sp³-hybridized carbons (Fsp3) is 0.571. The number of halogens is 3. The number of rotatable bonds is 4. The van der Waals surface area contributed by atoms with Gasteiger partial charge < -0.3 is 14.6 Å². The van der Waals surface area contributed by atoms with Gasteiger partial charge in [-0.05, 0) is 24.6 Å². The number of morpholine rings is 1. The molecule has 1 saturated heterocycles. The van der Waals surface area contributed by atoms with E-state index in [9.17, 15) is 13.2 Å². The van der Waals surface area contributed by atoms with Crippen LogP contribution in [-0.2, 0) is 11.3 Å². The van der Waals surface area contributed by atoms with Crippen LogP contribution in [0.5, 0.6) is 5.75 Å². The van der Waals surface area contributed by atoms with Crippen LogP contribution in [0.2, 0.25) is 0 Å². The average Bonchev–Trinajstić information content (AvgIpc) is 2.40. The number of aliphatic hydroxyl groups is 1. The van der Waals surface area contributed by atoms with Crippen LogP contribution in [-0.4, -0.2) is 48.3 Å². The van der Waals surface area contributed by atoms with Crippen LogP contribution in [0.1, 0.15) is 12.5 Å². The number of hydrogen-bond donors (Lipinski definition) is 1. The van der Waals surface area contributed by atoms with Gasteiger partial charge in [-0.2, -0.15) is 0 Å². The highest BCUT2D eigenvalue weighted by atomic mass is 19.4. The summed E-state index contributed by atoms with van der Waals surface area (Å²) < 4.78 is 46.0. The van der Waals surface area contributed by atoms with Crippen LogP contribution >= 0.6 is 0 Å². The van der Waals surface area contributed by atoms with Gasteiger partial charge in [-0.1, -0.05) is 12.1 Å². The first-order valence-corrected chi connectivity index (χ1v) is 6.68. The van der Waals surface area contributed by atoms with Gasteiger partial charge in [0.05, 0.1) is 19.3 Å². The Morgan fingerprint density at radius 1 is 1.43 bits per heavy atom. The molecule has 1 aliphatic rings. The van der Waals surface area contributed by atoms with Gasteiger partial charge in [-0.15, -0.1) is 13.2 Å². The van der Waals surface area contributed by atoms with E-state index in [1.165, 1.54) is 18.2 Å². The third kappa shape index (κ3) is 4.87. The van der Waals surface area contributed by atoms with Crippen molar-refractivity contribution in [2.75, 3.05) is 19.8 Å². The molecule has 2 atom stereocenters. The Bertz CT molecular complexity index is 467. The lowest BCUT2D eigenvalue weighted by molar-refractivity contribution is -0.274. The first-order chi connectivity index (χ1) is 9.87. The zero-order valence-corrected chi connectivity index (χ0v) is 11.6. The lowest BCUT2D eigenvalue weighted by Crippen LogP contribution is -2.48. The van der Waals surface area contributed by atoms with Gasteiger partial charge in [0.2, 0.25) is 0 Å². The number of benzene rings is 1. The smallest absolute Gasteiger partial charge is 0.406 e. The lowest BCUT2D eigenvalue weighted by atomic mass is 10.1. The minimum Gasteiger partial charge on any atom is -0.406 e. The van der Waals surface area contributed by atoms with Crippen LogP contribution in [0.4, 0.5) is 13.2 Å². The second-order valence-electron chi connectivity index (χ2n) is 5.11. The van der Waals surface area contributed by atoms with Crippen molar-refractivity contribution < 1.29 is 27.8 Å². The second-order valence-corrected chi connectivity index (χ2v) is 5.11. The molecule has 0 amide bonds. The molecule has 1 fully saturated rings. The van der Waals surface area contributed by atoms with Gasteiger partial charge in [-0.3, -0.25) is 4.90 Å². The lowest BCUT2D eigenvalue weighted by Gasteiger charge is -2.37. The Hall–Kier alpha value is -1.31. The highest BCUT2D eigenvalue weighted by Gasteiger charge is 2.31. The summed E-state index contributed by atoms with van der Waals surface area (Å²) in [6, 6.07) is 6.07. The van der Waals surface area contributed by atoms with E-state index < -0.39 is 6.36 Å². The fourth-order valence-corrected chi connectivity index (χ4v) is 2.28. The predicted octanol–water partition coefficient (Wildman–Crippen LogP) is 2.17. The molecule has 0 aromatic heterocycles. The monoisotopic (exact) mass is 305 g/mol. The molecule has 1 N–H and O–H groups in total. The number of aliphatic hydroxyl groups excluding tert-OH is 1. The van der Waals surface area contributed by atoms with Crippen molar-refractivity contribution in [1.29, 1.82) is 0 Å². The van der Waals surface area contributed by atoms with Gasteiger partial charge >= 0.3 is 6.36 Å². The Kier molecular flexibility index (Phi) is 5.08. The van der Waals surface area contributed by atoms with Crippen molar-refractivity contribution in [3.05, 3.63) is 29.8 Å². The summed E-state index contributed by atoms with van der Waals surface area (Å²) in [5, 5.41) is 9.14. The van der Waals surface area contributed by atoms with E-state index in [4.69, 9.17) is 9.84 Å². The molecule has 0 bridgehead atoms. The number of ether oxygens (including phenoxy) is 2. The van der Waals surface area contributed by atoms with E-state index >= 15 is 0 Å². The van der Waals surface area contributed by atoms with Crippen LogP contribution < -0.4 is 4.74 Å². The molecule has 0 saturated carbocycles. The summed E-state index contributed by atoms with van der Waals surface area (Å²) in [6.45, 7) is 3.42. The predicted molar refractivity (Wildman–Crippen MR) is 69.8 cm³/mol. The molecule has 118 valence electrons. The first-order valence-electron chi connectivity index (χ1n) is 6.68. The van der Waals surface area contributed by atoms with Crippen molar-refractivity contribution in [1.82, 2.24) is 4.90 Å². The minimum absolute atomic E-state index is 0.0690. The van der Waals surface area contributed by atoms with Crippen LogP contribution in [0.15, 0.2) is 24.3 Å². The summed E-state index contributed by atoms with van der Waals surface area (Å²) in [5.74, 6) is -0.223. The highest BCUT2D eigenvalue weighted by molar-refractivity contribution is 5.28. The Labute approximate surface area is 121 Å². The largest absolute Gasteiger partial charge is 0.573 e. The van der Waals surface area contributed by atoms with Crippen molar-refractivity contribution in [3.8, 4) is 5.75 Å². The minimum atomic E-state index is -4.69. The van der Waals surface area contributed by atoms with E-state index in [0.29, 0.717) is 19.7 Å². The van der Waals surface area contributed by atoms with E-state index in [0.717, 1.165) is 5.56 Å². The molecule has 0 unspecified atom stereocenters. The molecule has 1 aliphatic heterocycles. The number of alkyl halides is 3. The molecule has 0 spiro atoms. The van der Waals surface area contributed by atoms with Gasteiger partial charge in [-0.25, -0.2) is 0 Å². The normalized spacial score (nSPS) is 24.0. The maximum absolute atomic E-state index is 12.2. The van der Waals surface area contributed by atoms with Crippen molar-refractivity contribution in [2.45, 2.75) is 32.0 Å². The summed E-state index contributed by atoms with van der Waals surface area (Å²) in [7, 11) is 0. The van der Waals surface area contributed by atoms with E-state index in [1.54, 1.807) is 6.07 Å². The third-order valence-corrected chi connectivity index (χ3v) is 3.36. The number of nitrogens with zero attached hydrogens (tertiary/aromatic N) is 1. The Morgan fingerprint density at radius 3 is 2.86 bits per heavy atom. The number of hydrogen-bond acceptors (Lipinski definition) is 4. The van der Waals surface area contributed by atoms with Crippen molar-refractivity contribution in [2.24, 2.45) is 0 Å². The molecule has 21 heavy (non-hydrogen) atoms. The van der Waals surface area contributed by atoms with E-state index in [2.05, 4.69) is 9.64 Å². The molecule has 1 aromatic carbocycles. The van der Waals surface area contributed by atoms with Crippen LogP contribution in [0.25, 0.3) is 0 Å². The molecule has 1 aromatic rings. The Balaban J connectivity index is 2.03. The summed E-state index contributed by atoms with van der Waals surface area (Å²) in [5.41, 5.74) is 0.724. The first kappa shape index (κ1) is 16.1. The van der Waals surface area contributed by atoms with E-state index in [-0.39, 0.29) is 24.5 Å². The quantitative estimate of drug-likeness (QED) is 0.926. The van der Waals surface area contributed by atoms with Gasteiger partial charge in [0.15, 0.2) is 0 Å². The molecule has 2 rings (SSSR count). The topological polar surface area (TPSA) is 41.9 Å². The molecular weight excluding hydrogens is 287 g/mol.